The van der Waals surface area contributed by atoms with Crippen molar-refractivity contribution in [3.05, 3.63) is 54.1 Å². The molecule has 0 saturated heterocycles. The van der Waals surface area contributed by atoms with Gasteiger partial charge in [-0.1, -0.05) is 63.2 Å². The molecule has 0 aliphatic carbocycles. The second kappa shape index (κ2) is 5.17. The number of rotatable bonds is 2. The lowest BCUT2D eigenvalue weighted by Gasteiger charge is -2.19. The first kappa shape index (κ1) is 15.0. The zero-order chi connectivity index (χ0) is 15.0. The van der Waals surface area contributed by atoms with Crippen LogP contribution < -0.4 is 5.30 Å². The van der Waals surface area contributed by atoms with Crippen molar-refractivity contribution in [1.29, 1.82) is 0 Å². The van der Waals surface area contributed by atoms with Gasteiger partial charge in [0.05, 0.1) is 5.30 Å². The van der Waals surface area contributed by atoms with Crippen molar-refractivity contribution in [3.8, 4) is 11.1 Å². The van der Waals surface area contributed by atoms with Gasteiger partial charge in [0.2, 0.25) is 0 Å². The Kier molecular flexibility index (Phi) is 3.88. The van der Waals surface area contributed by atoms with E-state index in [1.807, 2.05) is 24.3 Å². The fourth-order valence-electron chi connectivity index (χ4n) is 2.12. The fourth-order valence-corrected chi connectivity index (χ4v) is 2.92. The Bertz CT molecular complexity index is 648. The van der Waals surface area contributed by atoms with Crippen LogP contribution in [-0.2, 0) is 9.98 Å². The Balaban J connectivity index is 2.51. The lowest BCUT2D eigenvalue weighted by atomic mass is 9.86. The van der Waals surface area contributed by atoms with Crippen LogP contribution in [0.25, 0.3) is 11.1 Å². The summed E-state index contributed by atoms with van der Waals surface area (Å²) in [6, 6.07) is 14.5. The summed E-state index contributed by atoms with van der Waals surface area (Å²) in [6.45, 7) is 6.39. The molecule has 0 saturated carbocycles. The molecule has 2 N–H and O–H groups in total. The van der Waals surface area contributed by atoms with Gasteiger partial charge in [-0.05, 0) is 28.2 Å². The van der Waals surface area contributed by atoms with Crippen molar-refractivity contribution in [2.75, 3.05) is 0 Å². The molecular formula is C16H19O3P. The highest BCUT2D eigenvalue weighted by Crippen LogP contribution is 2.38. The molecule has 0 amide bonds. The standard InChI is InChI=1S/C16H19O3P/c1-16(2,3)13-10-8-12(9-11-13)14-6-4-5-7-15(14)20(17,18)19/h4-11H,1-3H3,(H2,17,18,19). The molecule has 4 heteroatoms. The SMILES string of the molecule is CC(C)(C)c1ccc(-c2ccccc2P(=O)(O)O)cc1. The van der Waals surface area contributed by atoms with E-state index in [2.05, 4.69) is 20.8 Å². The Labute approximate surface area is 119 Å². The number of benzene rings is 2. The van der Waals surface area contributed by atoms with Crippen molar-refractivity contribution < 1.29 is 14.4 Å². The average molecular weight is 290 g/mol. The van der Waals surface area contributed by atoms with Crippen molar-refractivity contribution in [1.82, 2.24) is 0 Å². The first-order valence-electron chi connectivity index (χ1n) is 6.45. The van der Waals surface area contributed by atoms with E-state index in [0.717, 1.165) is 5.56 Å². The highest BCUT2D eigenvalue weighted by atomic mass is 31.2. The zero-order valence-corrected chi connectivity index (χ0v) is 12.8. The maximum Gasteiger partial charge on any atom is 0.356 e. The Morgan fingerprint density at radius 3 is 1.95 bits per heavy atom. The summed E-state index contributed by atoms with van der Waals surface area (Å²) in [5.74, 6) is 0. The third-order valence-corrected chi connectivity index (χ3v) is 4.30. The van der Waals surface area contributed by atoms with Gasteiger partial charge in [0.15, 0.2) is 0 Å². The van der Waals surface area contributed by atoms with Gasteiger partial charge in [0.25, 0.3) is 0 Å². The van der Waals surface area contributed by atoms with Crippen LogP contribution in [0.3, 0.4) is 0 Å². The summed E-state index contributed by atoms with van der Waals surface area (Å²) >= 11 is 0. The van der Waals surface area contributed by atoms with Crippen LogP contribution in [-0.4, -0.2) is 9.79 Å². The predicted octanol–water partition coefficient (Wildman–Crippen LogP) is 3.45. The highest BCUT2D eigenvalue weighted by Gasteiger charge is 2.22. The molecule has 0 bridgehead atoms. The van der Waals surface area contributed by atoms with Crippen LogP contribution in [0.4, 0.5) is 0 Å². The topological polar surface area (TPSA) is 57.5 Å². The molecule has 0 unspecified atom stereocenters. The molecule has 0 heterocycles. The van der Waals surface area contributed by atoms with Crippen molar-refractivity contribution in [3.63, 3.8) is 0 Å². The quantitative estimate of drug-likeness (QED) is 0.833. The van der Waals surface area contributed by atoms with Gasteiger partial charge in [0, 0.05) is 0 Å². The summed E-state index contributed by atoms with van der Waals surface area (Å²) in [6.07, 6.45) is 0. The van der Waals surface area contributed by atoms with Crippen molar-refractivity contribution in [2.45, 2.75) is 26.2 Å². The van der Waals surface area contributed by atoms with Crippen LogP contribution in [0.15, 0.2) is 48.5 Å². The minimum Gasteiger partial charge on any atom is -0.321 e. The molecule has 3 nitrogen and oxygen atoms in total. The molecule has 2 aromatic rings. The monoisotopic (exact) mass is 290 g/mol. The lowest BCUT2D eigenvalue weighted by Crippen LogP contribution is -2.11. The summed E-state index contributed by atoms with van der Waals surface area (Å²) in [7, 11) is -4.27. The minimum atomic E-state index is -4.27. The Morgan fingerprint density at radius 1 is 0.900 bits per heavy atom. The summed E-state index contributed by atoms with van der Waals surface area (Å²) < 4.78 is 11.5. The van der Waals surface area contributed by atoms with E-state index in [0.29, 0.717) is 5.56 Å². The number of hydrogen-bond acceptors (Lipinski definition) is 1. The average Bonchev–Trinajstić information content (AvgIpc) is 2.37. The molecule has 0 atom stereocenters. The van der Waals surface area contributed by atoms with Crippen molar-refractivity contribution >= 4 is 12.9 Å². The van der Waals surface area contributed by atoms with Crippen LogP contribution in [0.1, 0.15) is 26.3 Å². The van der Waals surface area contributed by atoms with E-state index in [9.17, 15) is 14.4 Å². The van der Waals surface area contributed by atoms with Gasteiger partial charge < -0.3 is 9.79 Å². The largest absolute Gasteiger partial charge is 0.356 e. The third kappa shape index (κ3) is 3.18. The first-order chi connectivity index (χ1) is 9.19. The molecule has 2 rings (SSSR count). The zero-order valence-electron chi connectivity index (χ0n) is 11.9. The Morgan fingerprint density at radius 2 is 1.45 bits per heavy atom. The third-order valence-electron chi connectivity index (χ3n) is 3.28. The van der Waals surface area contributed by atoms with E-state index in [1.54, 1.807) is 18.2 Å². The van der Waals surface area contributed by atoms with Crippen LogP contribution in [0.2, 0.25) is 0 Å². The molecule has 0 aliphatic heterocycles. The second-order valence-corrected chi connectivity index (χ2v) is 7.46. The maximum atomic E-state index is 11.5. The molecule has 0 aliphatic rings. The molecule has 0 aromatic heterocycles. The maximum absolute atomic E-state index is 11.5. The molecule has 2 aromatic carbocycles. The molecule has 0 spiro atoms. The molecule has 0 radical (unpaired) electrons. The smallest absolute Gasteiger partial charge is 0.321 e. The van der Waals surface area contributed by atoms with E-state index in [1.165, 1.54) is 11.6 Å². The minimum absolute atomic E-state index is 0.0568. The summed E-state index contributed by atoms with van der Waals surface area (Å²) in [4.78, 5) is 18.9. The molecule has 0 fully saturated rings. The van der Waals surface area contributed by atoms with Gasteiger partial charge in [0.1, 0.15) is 0 Å². The summed E-state index contributed by atoms with van der Waals surface area (Å²) in [5.41, 5.74) is 2.65. The van der Waals surface area contributed by atoms with E-state index < -0.39 is 7.60 Å². The summed E-state index contributed by atoms with van der Waals surface area (Å²) in [5, 5.41) is 0.0727. The van der Waals surface area contributed by atoms with E-state index in [4.69, 9.17) is 0 Å². The van der Waals surface area contributed by atoms with Crippen LogP contribution >= 0.6 is 7.60 Å². The van der Waals surface area contributed by atoms with Crippen molar-refractivity contribution in [2.24, 2.45) is 0 Å². The Hall–Kier alpha value is -1.41. The molecule has 106 valence electrons. The predicted molar refractivity (Wildman–Crippen MR) is 82.3 cm³/mol. The number of hydrogen-bond donors (Lipinski definition) is 2. The van der Waals surface area contributed by atoms with Crippen LogP contribution in [0.5, 0.6) is 0 Å². The first-order valence-corrected chi connectivity index (χ1v) is 8.07. The molecule has 20 heavy (non-hydrogen) atoms. The van der Waals surface area contributed by atoms with E-state index in [-0.39, 0.29) is 10.7 Å². The normalized spacial score (nSPS) is 12.4. The second-order valence-electron chi connectivity index (χ2n) is 5.89. The van der Waals surface area contributed by atoms with E-state index >= 15 is 0 Å². The highest BCUT2D eigenvalue weighted by molar-refractivity contribution is 7.60. The fraction of sp³-hybridized carbons (Fsp3) is 0.250. The van der Waals surface area contributed by atoms with Gasteiger partial charge in [-0.3, -0.25) is 4.57 Å². The van der Waals surface area contributed by atoms with Gasteiger partial charge in [-0.25, -0.2) is 0 Å². The lowest BCUT2D eigenvalue weighted by molar-refractivity contribution is 0.387. The van der Waals surface area contributed by atoms with Gasteiger partial charge in [-0.2, -0.15) is 0 Å². The van der Waals surface area contributed by atoms with Gasteiger partial charge in [-0.15, -0.1) is 0 Å². The molecular weight excluding hydrogens is 271 g/mol. The van der Waals surface area contributed by atoms with Gasteiger partial charge >= 0.3 is 7.60 Å². The van der Waals surface area contributed by atoms with Crippen LogP contribution in [0, 0.1) is 0 Å².